The van der Waals surface area contributed by atoms with Crippen LogP contribution in [-0.4, -0.2) is 11.0 Å². The van der Waals surface area contributed by atoms with E-state index < -0.39 is 0 Å². The third-order valence-electron chi connectivity index (χ3n) is 3.68. The Morgan fingerprint density at radius 3 is 2.79 bits per heavy atom. The van der Waals surface area contributed by atoms with E-state index in [0.29, 0.717) is 6.04 Å². The molecule has 0 amide bonds. The summed E-state index contributed by atoms with van der Waals surface area (Å²) in [4.78, 5) is 4.28. The molecule has 2 aromatic carbocycles. The number of hydrogen-bond acceptors (Lipinski definition) is 2. The fourth-order valence-corrected chi connectivity index (χ4v) is 2.43. The molecule has 1 atom stereocenters. The molecule has 0 radical (unpaired) electrons. The third kappa shape index (κ3) is 2.14. The molecule has 0 bridgehead atoms. The van der Waals surface area contributed by atoms with Crippen molar-refractivity contribution in [1.82, 2.24) is 4.98 Å². The Bertz CT molecular complexity index is 719. The standard InChI is InChI=1S/C17H18N2/c1-3-12(2)19-17-10-13-6-4-5-7-14(13)16-11-18-9-8-15(16)17/h4-12,19H,3H2,1-2H3/t12-/m0/s1. The zero-order chi connectivity index (χ0) is 13.2. The van der Waals surface area contributed by atoms with Crippen LogP contribution in [0.2, 0.25) is 0 Å². The zero-order valence-electron chi connectivity index (χ0n) is 11.4. The molecule has 3 rings (SSSR count). The molecule has 0 fully saturated rings. The van der Waals surface area contributed by atoms with E-state index in [1.54, 1.807) is 0 Å². The van der Waals surface area contributed by atoms with Crippen LogP contribution in [0.15, 0.2) is 48.8 Å². The van der Waals surface area contributed by atoms with Gasteiger partial charge in [-0.05, 0) is 36.2 Å². The number of fused-ring (bicyclic) bond motifs is 3. The monoisotopic (exact) mass is 250 g/mol. The molecule has 0 unspecified atom stereocenters. The van der Waals surface area contributed by atoms with Crippen molar-refractivity contribution < 1.29 is 0 Å². The van der Waals surface area contributed by atoms with Gasteiger partial charge in [-0.3, -0.25) is 4.98 Å². The van der Waals surface area contributed by atoms with Crippen LogP contribution in [0.1, 0.15) is 20.3 Å². The van der Waals surface area contributed by atoms with Gasteiger partial charge in [0, 0.05) is 34.9 Å². The van der Waals surface area contributed by atoms with Gasteiger partial charge in [-0.15, -0.1) is 0 Å². The number of rotatable bonds is 3. The molecule has 1 heterocycles. The van der Waals surface area contributed by atoms with Crippen LogP contribution < -0.4 is 5.32 Å². The van der Waals surface area contributed by atoms with Gasteiger partial charge in [0.2, 0.25) is 0 Å². The number of anilines is 1. The molecule has 0 aliphatic heterocycles. The first-order valence-corrected chi connectivity index (χ1v) is 6.81. The number of aromatic nitrogens is 1. The topological polar surface area (TPSA) is 24.9 Å². The van der Waals surface area contributed by atoms with Gasteiger partial charge in [0.15, 0.2) is 0 Å². The van der Waals surface area contributed by atoms with Crippen LogP contribution >= 0.6 is 0 Å². The molecule has 0 aliphatic rings. The number of nitrogens with one attached hydrogen (secondary N) is 1. The highest BCUT2D eigenvalue weighted by Gasteiger charge is 2.07. The first kappa shape index (κ1) is 12.0. The molecule has 1 N–H and O–H groups in total. The lowest BCUT2D eigenvalue weighted by molar-refractivity contribution is 0.765. The van der Waals surface area contributed by atoms with Crippen LogP contribution in [0.25, 0.3) is 21.5 Å². The van der Waals surface area contributed by atoms with Crippen LogP contribution in [-0.2, 0) is 0 Å². The van der Waals surface area contributed by atoms with Crippen molar-refractivity contribution in [3.05, 3.63) is 48.8 Å². The van der Waals surface area contributed by atoms with Gasteiger partial charge in [-0.2, -0.15) is 0 Å². The second-order valence-electron chi connectivity index (χ2n) is 5.02. The summed E-state index contributed by atoms with van der Waals surface area (Å²) in [6.07, 6.45) is 4.93. The minimum Gasteiger partial charge on any atom is -0.382 e. The molecule has 0 saturated heterocycles. The third-order valence-corrected chi connectivity index (χ3v) is 3.68. The van der Waals surface area contributed by atoms with E-state index in [0.717, 1.165) is 6.42 Å². The van der Waals surface area contributed by atoms with Gasteiger partial charge < -0.3 is 5.32 Å². The van der Waals surface area contributed by atoms with Crippen molar-refractivity contribution in [2.24, 2.45) is 0 Å². The summed E-state index contributed by atoms with van der Waals surface area (Å²) in [6.45, 7) is 4.41. The Morgan fingerprint density at radius 1 is 1.11 bits per heavy atom. The summed E-state index contributed by atoms with van der Waals surface area (Å²) in [6, 6.07) is 13.3. The number of pyridine rings is 1. The van der Waals surface area contributed by atoms with Crippen molar-refractivity contribution in [3.63, 3.8) is 0 Å². The Kier molecular flexibility index (Phi) is 3.08. The number of nitrogens with zero attached hydrogens (tertiary/aromatic N) is 1. The van der Waals surface area contributed by atoms with Crippen molar-refractivity contribution in [1.29, 1.82) is 0 Å². The average molecular weight is 250 g/mol. The summed E-state index contributed by atoms with van der Waals surface area (Å²) in [7, 11) is 0. The van der Waals surface area contributed by atoms with Crippen LogP contribution in [0.3, 0.4) is 0 Å². The highest BCUT2D eigenvalue weighted by atomic mass is 14.9. The Labute approximate surface area is 113 Å². The maximum Gasteiger partial charge on any atom is 0.0429 e. The predicted octanol–water partition coefficient (Wildman–Crippen LogP) is 4.60. The Morgan fingerprint density at radius 2 is 1.95 bits per heavy atom. The minimum atomic E-state index is 0.470. The molecule has 96 valence electrons. The summed E-state index contributed by atoms with van der Waals surface area (Å²) in [5.41, 5.74) is 1.20. The van der Waals surface area contributed by atoms with Crippen molar-refractivity contribution in [3.8, 4) is 0 Å². The molecule has 0 aliphatic carbocycles. The second-order valence-corrected chi connectivity index (χ2v) is 5.02. The molecule has 2 nitrogen and oxygen atoms in total. The van der Waals surface area contributed by atoms with E-state index in [9.17, 15) is 0 Å². The fourth-order valence-electron chi connectivity index (χ4n) is 2.43. The molecule has 2 heteroatoms. The zero-order valence-corrected chi connectivity index (χ0v) is 11.4. The van der Waals surface area contributed by atoms with Gasteiger partial charge >= 0.3 is 0 Å². The van der Waals surface area contributed by atoms with Crippen LogP contribution in [0.5, 0.6) is 0 Å². The Balaban J connectivity index is 2.29. The molecule has 0 saturated carbocycles. The van der Waals surface area contributed by atoms with Crippen LogP contribution in [0, 0.1) is 0 Å². The van der Waals surface area contributed by atoms with Gasteiger partial charge in [0.25, 0.3) is 0 Å². The van der Waals surface area contributed by atoms with Gasteiger partial charge in [0.05, 0.1) is 0 Å². The van der Waals surface area contributed by atoms with Gasteiger partial charge in [-0.1, -0.05) is 31.2 Å². The molecule has 19 heavy (non-hydrogen) atoms. The smallest absolute Gasteiger partial charge is 0.0429 e. The maximum absolute atomic E-state index is 4.28. The maximum atomic E-state index is 4.28. The fraction of sp³-hybridized carbons (Fsp3) is 0.235. The molecular formula is C17H18N2. The first-order valence-electron chi connectivity index (χ1n) is 6.81. The molecule has 0 spiro atoms. The van der Waals surface area contributed by atoms with Crippen LogP contribution in [0.4, 0.5) is 5.69 Å². The predicted molar refractivity (Wildman–Crippen MR) is 82.6 cm³/mol. The van der Waals surface area contributed by atoms with Gasteiger partial charge in [-0.25, -0.2) is 0 Å². The summed E-state index contributed by atoms with van der Waals surface area (Å²) >= 11 is 0. The SMILES string of the molecule is CC[C@H](C)Nc1cc2ccccc2c2cnccc12. The van der Waals surface area contributed by atoms with E-state index >= 15 is 0 Å². The lowest BCUT2D eigenvalue weighted by Crippen LogP contribution is -2.13. The van der Waals surface area contributed by atoms with E-state index in [1.807, 2.05) is 12.4 Å². The molecule has 3 aromatic rings. The number of hydrogen-bond donors (Lipinski definition) is 1. The summed E-state index contributed by atoms with van der Waals surface area (Å²) < 4.78 is 0. The van der Waals surface area contributed by atoms with E-state index in [1.165, 1.54) is 27.2 Å². The quantitative estimate of drug-likeness (QED) is 0.687. The largest absolute Gasteiger partial charge is 0.382 e. The summed E-state index contributed by atoms with van der Waals surface area (Å²) in [5, 5.41) is 8.58. The minimum absolute atomic E-state index is 0.470. The average Bonchev–Trinajstić information content (AvgIpc) is 2.47. The van der Waals surface area contributed by atoms with Crippen molar-refractivity contribution >= 4 is 27.2 Å². The lowest BCUT2D eigenvalue weighted by atomic mass is 10.0. The highest BCUT2D eigenvalue weighted by molar-refractivity contribution is 6.12. The Hall–Kier alpha value is -2.09. The van der Waals surface area contributed by atoms with Gasteiger partial charge in [0.1, 0.15) is 0 Å². The van der Waals surface area contributed by atoms with E-state index in [-0.39, 0.29) is 0 Å². The first-order chi connectivity index (χ1) is 9.29. The van der Waals surface area contributed by atoms with Crippen molar-refractivity contribution in [2.75, 3.05) is 5.32 Å². The van der Waals surface area contributed by atoms with E-state index in [2.05, 4.69) is 60.5 Å². The lowest BCUT2D eigenvalue weighted by Gasteiger charge is -2.16. The number of benzene rings is 2. The van der Waals surface area contributed by atoms with Crippen molar-refractivity contribution in [2.45, 2.75) is 26.3 Å². The van der Waals surface area contributed by atoms with E-state index in [4.69, 9.17) is 0 Å². The summed E-state index contributed by atoms with van der Waals surface area (Å²) in [5.74, 6) is 0. The molecular weight excluding hydrogens is 232 g/mol. The molecule has 1 aromatic heterocycles. The normalized spacial score (nSPS) is 12.7. The second kappa shape index (κ2) is 4.88. The highest BCUT2D eigenvalue weighted by Crippen LogP contribution is 2.31.